The molecule has 2 heterocycles. The van der Waals surface area contributed by atoms with Crippen LogP contribution in [-0.2, 0) is 19.5 Å². The molecular weight excluding hydrogens is 341 g/mol. The summed E-state index contributed by atoms with van der Waals surface area (Å²) in [6.45, 7) is 2.56. The van der Waals surface area contributed by atoms with E-state index in [1.54, 1.807) is 12.1 Å². The minimum atomic E-state index is -0.960. The molecule has 1 aliphatic rings. The van der Waals surface area contributed by atoms with E-state index in [9.17, 15) is 13.2 Å². The number of fused-ring (bicyclic) bond motifs is 3. The van der Waals surface area contributed by atoms with Gasteiger partial charge in [0, 0.05) is 42.7 Å². The molecule has 0 saturated heterocycles. The zero-order chi connectivity index (χ0) is 18.1. The average molecular weight is 360 g/mol. The van der Waals surface area contributed by atoms with Crippen molar-refractivity contribution >= 4 is 10.9 Å². The number of halogens is 3. The molecule has 0 bridgehead atoms. The number of hydrogen-bond donors (Lipinski definition) is 1. The quantitative estimate of drug-likeness (QED) is 0.691. The first-order valence-corrected chi connectivity index (χ1v) is 8.72. The molecule has 4 rings (SSSR count). The second-order valence-corrected chi connectivity index (χ2v) is 6.42. The third kappa shape index (κ3) is 3.05. The predicted octanol–water partition coefficient (Wildman–Crippen LogP) is 4.17. The van der Waals surface area contributed by atoms with E-state index < -0.39 is 11.6 Å². The van der Waals surface area contributed by atoms with Crippen LogP contribution in [0.4, 0.5) is 13.2 Å². The lowest BCUT2D eigenvalue weighted by Crippen LogP contribution is -2.24. The van der Waals surface area contributed by atoms with Crippen LogP contribution in [0, 0.1) is 17.5 Å². The van der Waals surface area contributed by atoms with Gasteiger partial charge in [0.05, 0.1) is 6.61 Å². The van der Waals surface area contributed by atoms with Gasteiger partial charge in [0.1, 0.15) is 5.82 Å². The Kier molecular flexibility index (Phi) is 4.59. The first-order valence-electron chi connectivity index (χ1n) is 8.72. The van der Waals surface area contributed by atoms with Crippen LogP contribution < -0.4 is 10.1 Å². The third-order valence-electron chi connectivity index (χ3n) is 4.79. The number of rotatable bonds is 5. The number of aromatic nitrogens is 1. The van der Waals surface area contributed by atoms with Crippen LogP contribution in [0.5, 0.6) is 5.75 Å². The number of ether oxygens (including phenoxy) is 1. The van der Waals surface area contributed by atoms with Crippen molar-refractivity contribution in [2.75, 3.05) is 13.2 Å². The molecule has 6 heteroatoms. The van der Waals surface area contributed by atoms with Gasteiger partial charge in [-0.1, -0.05) is 6.07 Å². The van der Waals surface area contributed by atoms with E-state index in [2.05, 4.69) is 9.88 Å². The van der Waals surface area contributed by atoms with E-state index in [0.717, 1.165) is 42.0 Å². The van der Waals surface area contributed by atoms with Crippen molar-refractivity contribution in [2.24, 2.45) is 0 Å². The van der Waals surface area contributed by atoms with Gasteiger partial charge in [-0.25, -0.2) is 8.78 Å². The fourth-order valence-corrected chi connectivity index (χ4v) is 3.61. The molecule has 136 valence electrons. The monoisotopic (exact) mass is 360 g/mol. The average Bonchev–Trinajstić information content (AvgIpc) is 2.95. The van der Waals surface area contributed by atoms with Crippen LogP contribution in [0.1, 0.15) is 17.7 Å². The van der Waals surface area contributed by atoms with Crippen molar-refractivity contribution in [3.05, 3.63) is 65.1 Å². The maximum atomic E-state index is 13.7. The molecule has 2 aromatic carbocycles. The van der Waals surface area contributed by atoms with Gasteiger partial charge in [0.15, 0.2) is 11.6 Å². The molecule has 1 aromatic heterocycles. The van der Waals surface area contributed by atoms with Crippen molar-refractivity contribution in [1.82, 2.24) is 9.88 Å². The number of hydrogen-bond acceptors (Lipinski definition) is 2. The number of benzene rings is 2. The number of nitrogens with zero attached hydrogens (tertiary/aromatic N) is 1. The highest BCUT2D eigenvalue weighted by Gasteiger charge is 2.20. The van der Waals surface area contributed by atoms with Gasteiger partial charge >= 0.3 is 0 Å². The Morgan fingerprint density at radius 1 is 1.12 bits per heavy atom. The van der Waals surface area contributed by atoms with E-state index in [1.165, 1.54) is 23.9 Å². The van der Waals surface area contributed by atoms with Crippen LogP contribution in [0.2, 0.25) is 0 Å². The lowest BCUT2D eigenvalue weighted by atomic mass is 10.1. The summed E-state index contributed by atoms with van der Waals surface area (Å²) in [5, 5.41) is 4.26. The van der Waals surface area contributed by atoms with Crippen molar-refractivity contribution < 1.29 is 17.9 Å². The van der Waals surface area contributed by atoms with Crippen LogP contribution in [-0.4, -0.2) is 17.7 Å². The van der Waals surface area contributed by atoms with Gasteiger partial charge in [-0.05, 0) is 42.3 Å². The maximum absolute atomic E-state index is 13.7. The first kappa shape index (κ1) is 17.0. The molecule has 0 radical (unpaired) electrons. The van der Waals surface area contributed by atoms with E-state index in [-0.39, 0.29) is 18.2 Å². The zero-order valence-electron chi connectivity index (χ0n) is 14.2. The highest BCUT2D eigenvalue weighted by molar-refractivity contribution is 5.86. The van der Waals surface area contributed by atoms with Crippen molar-refractivity contribution in [2.45, 2.75) is 25.9 Å². The van der Waals surface area contributed by atoms with E-state index in [4.69, 9.17) is 4.74 Å². The summed E-state index contributed by atoms with van der Waals surface area (Å²) in [5.74, 6) is -2.19. The molecule has 0 unspecified atom stereocenters. The molecule has 0 saturated carbocycles. The van der Waals surface area contributed by atoms with Gasteiger partial charge in [-0.15, -0.1) is 0 Å². The lowest BCUT2D eigenvalue weighted by molar-refractivity contribution is 0.282. The largest absolute Gasteiger partial charge is 0.490 e. The summed E-state index contributed by atoms with van der Waals surface area (Å²) < 4.78 is 48.1. The van der Waals surface area contributed by atoms with Crippen LogP contribution in [0.25, 0.3) is 10.9 Å². The summed E-state index contributed by atoms with van der Waals surface area (Å²) in [5.41, 5.74) is 3.35. The predicted molar refractivity (Wildman–Crippen MR) is 93.8 cm³/mol. The molecular formula is C20H19F3N2O. The van der Waals surface area contributed by atoms with Crippen LogP contribution in [0.15, 0.2) is 36.4 Å². The van der Waals surface area contributed by atoms with Gasteiger partial charge < -0.3 is 14.6 Å². The second-order valence-electron chi connectivity index (χ2n) is 6.42. The topological polar surface area (TPSA) is 26.2 Å². The van der Waals surface area contributed by atoms with E-state index >= 15 is 0 Å². The van der Waals surface area contributed by atoms with Crippen molar-refractivity contribution in [3.8, 4) is 5.75 Å². The number of aryl methyl sites for hydroxylation is 1. The maximum Gasteiger partial charge on any atom is 0.200 e. The molecule has 0 spiro atoms. The van der Waals surface area contributed by atoms with E-state index in [0.29, 0.717) is 13.0 Å². The summed E-state index contributed by atoms with van der Waals surface area (Å²) >= 11 is 0. The zero-order valence-corrected chi connectivity index (χ0v) is 14.2. The molecule has 26 heavy (non-hydrogen) atoms. The summed E-state index contributed by atoms with van der Waals surface area (Å²) in [7, 11) is 0. The lowest BCUT2D eigenvalue weighted by Gasteiger charge is -2.17. The molecule has 1 N–H and O–H groups in total. The smallest absolute Gasteiger partial charge is 0.200 e. The summed E-state index contributed by atoms with van der Waals surface area (Å²) in [6.07, 6.45) is 1.52. The molecule has 0 fully saturated rings. The SMILES string of the molecule is Fc1ccc2c(c1)c1c(n2CCCOc2cccc(F)c2F)CCNC1. The third-order valence-corrected chi connectivity index (χ3v) is 4.79. The summed E-state index contributed by atoms with van der Waals surface area (Å²) in [6, 6.07) is 8.75. The molecule has 3 aromatic rings. The van der Waals surface area contributed by atoms with Gasteiger partial charge in [-0.2, -0.15) is 4.39 Å². The highest BCUT2D eigenvalue weighted by atomic mass is 19.2. The minimum Gasteiger partial charge on any atom is -0.490 e. The standard InChI is InChI=1S/C20H19F3N2O/c21-13-5-6-17-14(11-13)15-12-24-8-7-18(15)25(17)9-2-10-26-19-4-1-3-16(22)20(19)23/h1,3-6,11,24H,2,7-10,12H2. The molecule has 0 aliphatic carbocycles. The Bertz CT molecular complexity index is 952. The Hall–Kier alpha value is -2.47. The fraction of sp³-hybridized carbons (Fsp3) is 0.300. The summed E-state index contributed by atoms with van der Waals surface area (Å²) in [4.78, 5) is 0. The fourth-order valence-electron chi connectivity index (χ4n) is 3.61. The van der Waals surface area contributed by atoms with E-state index in [1.807, 2.05) is 0 Å². The highest BCUT2D eigenvalue weighted by Crippen LogP contribution is 2.29. The normalized spacial score (nSPS) is 13.8. The van der Waals surface area contributed by atoms with Gasteiger partial charge in [0.2, 0.25) is 5.82 Å². The van der Waals surface area contributed by atoms with Crippen molar-refractivity contribution in [1.29, 1.82) is 0 Å². The number of nitrogens with one attached hydrogen (secondary N) is 1. The molecule has 0 atom stereocenters. The van der Waals surface area contributed by atoms with Crippen molar-refractivity contribution in [3.63, 3.8) is 0 Å². The minimum absolute atomic E-state index is 0.0735. The van der Waals surface area contributed by atoms with Crippen LogP contribution in [0.3, 0.4) is 0 Å². The van der Waals surface area contributed by atoms with Crippen LogP contribution >= 0.6 is 0 Å². The Morgan fingerprint density at radius 2 is 2.00 bits per heavy atom. The first-order chi connectivity index (χ1) is 12.6. The molecule has 1 aliphatic heterocycles. The molecule has 0 amide bonds. The Labute approximate surface area is 149 Å². The second kappa shape index (κ2) is 7.03. The van der Waals surface area contributed by atoms with Gasteiger partial charge in [-0.3, -0.25) is 0 Å². The Balaban J connectivity index is 1.51. The van der Waals surface area contributed by atoms with Gasteiger partial charge in [0.25, 0.3) is 0 Å². The molecule has 3 nitrogen and oxygen atoms in total. The Morgan fingerprint density at radius 3 is 2.88 bits per heavy atom.